The number of halogens is 1. The molecule has 54 valence electrons. The van der Waals surface area contributed by atoms with E-state index in [0.29, 0.717) is 10.7 Å². The van der Waals surface area contributed by atoms with Gasteiger partial charge in [0.2, 0.25) is 0 Å². The summed E-state index contributed by atoms with van der Waals surface area (Å²) >= 11 is 5.51. The Kier molecular flexibility index (Phi) is 2.09. The summed E-state index contributed by atoms with van der Waals surface area (Å²) in [5, 5.41) is 0.455. The second kappa shape index (κ2) is 2.86. The Morgan fingerprint density at radius 2 is 2.50 bits per heavy atom. The molecule has 4 heteroatoms. The van der Waals surface area contributed by atoms with E-state index in [2.05, 4.69) is 4.98 Å². The van der Waals surface area contributed by atoms with Crippen molar-refractivity contribution in [1.29, 1.82) is 0 Å². The monoisotopic (exact) mass is 158 g/mol. The Labute approximate surface area is 63.2 Å². The van der Waals surface area contributed by atoms with E-state index in [1.54, 1.807) is 6.07 Å². The molecule has 3 N–H and O–H groups in total. The molecule has 0 aliphatic heterocycles. The van der Waals surface area contributed by atoms with Crippen molar-refractivity contribution in [2.24, 2.45) is 5.73 Å². The number of hydrogen-bond acceptors (Lipinski definition) is 2. The molecule has 10 heavy (non-hydrogen) atoms. The van der Waals surface area contributed by atoms with Crippen molar-refractivity contribution in [3.63, 3.8) is 0 Å². The Hall–Kier alpha value is -0.800. The largest absolute Gasteiger partial charge is 0.352 e. The van der Waals surface area contributed by atoms with Gasteiger partial charge in [0.1, 0.15) is 5.15 Å². The van der Waals surface area contributed by atoms with Crippen molar-refractivity contribution in [2.45, 2.75) is 0 Å². The van der Waals surface area contributed by atoms with Crippen molar-refractivity contribution in [2.75, 3.05) is 6.54 Å². The maximum Gasteiger partial charge on any atom is 0.177 e. The van der Waals surface area contributed by atoms with E-state index in [0.717, 1.165) is 0 Å². The standard InChI is InChI=1S/C6H7ClN2O/c7-6-1-4(3-9-6)5(10)2-8/h1,3,9H,2,8H2. The topological polar surface area (TPSA) is 58.9 Å². The van der Waals surface area contributed by atoms with Crippen LogP contribution in [0.15, 0.2) is 12.3 Å². The van der Waals surface area contributed by atoms with Crippen molar-refractivity contribution in [1.82, 2.24) is 4.98 Å². The molecule has 0 aliphatic carbocycles. The number of aromatic amines is 1. The number of Topliss-reactive ketones (excluding diaryl/α,β-unsaturated/α-hetero) is 1. The molecule has 0 amide bonds. The highest BCUT2D eigenvalue weighted by Crippen LogP contribution is 2.08. The summed E-state index contributed by atoms with van der Waals surface area (Å²) in [6.07, 6.45) is 1.54. The number of ketones is 1. The van der Waals surface area contributed by atoms with Crippen LogP contribution >= 0.6 is 11.6 Å². The molecule has 0 atom stereocenters. The number of H-pyrrole nitrogens is 1. The Bertz CT molecular complexity index is 244. The highest BCUT2D eigenvalue weighted by atomic mass is 35.5. The molecule has 1 aromatic heterocycles. The van der Waals surface area contributed by atoms with Gasteiger partial charge in [-0.25, -0.2) is 0 Å². The summed E-state index contributed by atoms with van der Waals surface area (Å²) in [6.45, 7) is 0.0220. The van der Waals surface area contributed by atoms with Crippen LogP contribution in [0.25, 0.3) is 0 Å². The fourth-order valence-corrected chi connectivity index (χ4v) is 0.817. The Morgan fingerprint density at radius 1 is 1.80 bits per heavy atom. The van der Waals surface area contributed by atoms with E-state index in [4.69, 9.17) is 17.3 Å². The van der Waals surface area contributed by atoms with Crippen molar-refractivity contribution in [3.8, 4) is 0 Å². The maximum absolute atomic E-state index is 10.8. The minimum absolute atomic E-state index is 0.0220. The number of rotatable bonds is 2. The molecular formula is C6H7ClN2O. The average molecular weight is 159 g/mol. The number of nitrogens with one attached hydrogen (secondary N) is 1. The third kappa shape index (κ3) is 1.37. The van der Waals surface area contributed by atoms with Crippen molar-refractivity contribution < 1.29 is 4.79 Å². The van der Waals surface area contributed by atoms with E-state index >= 15 is 0 Å². The Balaban J connectivity index is 2.85. The summed E-state index contributed by atoms with van der Waals surface area (Å²) in [5.41, 5.74) is 5.64. The molecule has 3 nitrogen and oxygen atoms in total. The highest BCUT2D eigenvalue weighted by Gasteiger charge is 2.03. The molecule has 0 fully saturated rings. The van der Waals surface area contributed by atoms with E-state index in [9.17, 15) is 4.79 Å². The van der Waals surface area contributed by atoms with Gasteiger partial charge in [0, 0.05) is 11.8 Å². The average Bonchev–Trinajstić information content (AvgIpc) is 2.34. The lowest BCUT2D eigenvalue weighted by atomic mass is 10.2. The van der Waals surface area contributed by atoms with Crippen LogP contribution in [-0.2, 0) is 0 Å². The van der Waals surface area contributed by atoms with Crippen molar-refractivity contribution >= 4 is 17.4 Å². The third-order valence-electron chi connectivity index (χ3n) is 1.16. The fourth-order valence-electron chi connectivity index (χ4n) is 0.645. The zero-order valence-electron chi connectivity index (χ0n) is 5.23. The van der Waals surface area contributed by atoms with Gasteiger partial charge in [-0.3, -0.25) is 4.79 Å². The molecule has 0 radical (unpaired) electrons. The van der Waals surface area contributed by atoms with E-state index in [-0.39, 0.29) is 12.3 Å². The van der Waals surface area contributed by atoms with Crippen LogP contribution in [0.1, 0.15) is 10.4 Å². The summed E-state index contributed by atoms with van der Waals surface area (Å²) in [7, 11) is 0. The zero-order valence-corrected chi connectivity index (χ0v) is 5.98. The zero-order chi connectivity index (χ0) is 7.56. The lowest BCUT2D eigenvalue weighted by molar-refractivity contribution is 0.100. The number of aromatic nitrogens is 1. The van der Waals surface area contributed by atoms with Gasteiger partial charge in [-0.15, -0.1) is 0 Å². The summed E-state index contributed by atoms with van der Waals surface area (Å²) in [5.74, 6) is -0.108. The van der Waals surface area contributed by atoms with Gasteiger partial charge in [-0.2, -0.15) is 0 Å². The molecule has 0 saturated carbocycles. The number of hydrogen-bond donors (Lipinski definition) is 2. The van der Waals surface area contributed by atoms with E-state index in [1.807, 2.05) is 0 Å². The second-order valence-corrected chi connectivity index (χ2v) is 2.27. The summed E-state index contributed by atoms with van der Waals surface area (Å²) in [4.78, 5) is 13.5. The molecule has 1 heterocycles. The molecule has 1 rings (SSSR count). The number of carbonyl (C=O) groups excluding carboxylic acids is 1. The predicted octanol–water partition coefficient (Wildman–Crippen LogP) is 0.809. The maximum atomic E-state index is 10.8. The normalized spacial score (nSPS) is 9.80. The van der Waals surface area contributed by atoms with Crippen LogP contribution in [0.2, 0.25) is 5.15 Å². The third-order valence-corrected chi connectivity index (χ3v) is 1.37. The van der Waals surface area contributed by atoms with Gasteiger partial charge in [0.05, 0.1) is 6.54 Å². The van der Waals surface area contributed by atoms with Gasteiger partial charge in [0.25, 0.3) is 0 Å². The molecule has 0 unspecified atom stereocenters. The van der Waals surface area contributed by atoms with Gasteiger partial charge in [-0.1, -0.05) is 11.6 Å². The first-order chi connectivity index (χ1) is 4.74. The van der Waals surface area contributed by atoms with Gasteiger partial charge in [0.15, 0.2) is 5.78 Å². The smallest absolute Gasteiger partial charge is 0.177 e. The first-order valence-electron chi connectivity index (χ1n) is 2.81. The molecule has 0 aliphatic rings. The second-order valence-electron chi connectivity index (χ2n) is 1.86. The SMILES string of the molecule is NCC(=O)c1c[nH]c(Cl)c1. The minimum Gasteiger partial charge on any atom is -0.352 e. The van der Waals surface area contributed by atoms with Crippen LogP contribution in [-0.4, -0.2) is 17.3 Å². The minimum atomic E-state index is -0.108. The lowest BCUT2D eigenvalue weighted by Crippen LogP contribution is -2.12. The van der Waals surface area contributed by atoms with Crippen LogP contribution in [0.4, 0.5) is 0 Å². The van der Waals surface area contributed by atoms with Crippen LogP contribution < -0.4 is 5.73 Å². The van der Waals surface area contributed by atoms with Gasteiger partial charge in [-0.05, 0) is 6.07 Å². The van der Waals surface area contributed by atoms with Gasteiger partial charge < -0.3 is 10.7 Å². The van der Waals surface area contributed by atoms with E-state index in [1.165, 1.54) is 6.20 Å². The quantitative estimate of drug-likeness (QED) is 0.626. The molecule has 0 aromatic carbocycles. The van der Waals surface area contributed by atoms with E-state index < -0.39 is 0 Å². The summed E-state index contributed by atoms with van der Waals surface area (Å²) in [6, 6.07) is 1.55. The van der Waals surface area contributed by atoms with Gasteiger partial charge >= 0.3 is 0 Å². The summed E-state index contributed by atoms with van der Waals surface area (Å²) < 4.78 is 0. The fraction of sp³-hybridized carbons (Fsp3) is 0.167. The Morgan fingerprint density at radius 3 is 2.90 bits per heavy atom. The molecule has 0 spiro atoms. The number of nitrogens with two attached hydrogens (primary N) is 1. The lowest BCUT2D eigenvalue weighted by Gasteiger charge is -1.87. The number of carbonyl (C=O) groups is 1. The van der Waals surface area contributed by atoms with Crippen molar-refractivity contribution in [3.05, 3.63) is 23.0 Å². The molecular weight excluding hydrogens is 152 g/mol. The molecule has 0 bridgehead atoms. The molecule has 0 saturated heterocycles. The first kappa shape index (κ1) is 7.31. The molecule has 1 aromatic rings. The highest BCUT2D eigenvalue weighted by molar-refractivity contribution is 6.30. The van der Waals surface area contributed by atoms with Crippen LogP contribution in [0.5, 0.6) is 0 Å². The van der Waals surface area contributed by atoms with Crippen LogP contribution in [0.3, 0.4) is 0 Å². The predicted molar refractivity (Wildman–Crippen MR) is 39.2 cm³/mol. The van der Waals surface area contributed by atoms with Crippen LogP contribution in [0, 0.1) is 0 Å². The first-order valence-corrected chi connectivity index (χ1v) is 3.19.